The molecule has 0 aliphatic rings. The second-order valence-corrected chi connectivity index (χ2v) is 1.63. The van der Waals surface area contributed by atoms with E-state index in [1.807, 2.05) is 0 Å². The Morgan fingerprint density at radius 1 is 2.00 bits per heavy atom. The molecule has 0 saturated heterocycles. The summed E-state index contributed by atoms with van der Waals surface area (Å²) in [5.74, 6) is -0.725. The Labute approximate surface area is 41.3 Å². The first-order valence-electron chi connectivity index (χ1n) is 1.54. The van der Waals surface area contributed by atoms with Gasteiger partial charge in [0, 0.05) is 0 Å². The van der Waals surface area contributed by atoms with Crippen LogP contribution < -0.4 is 5.73 Å². The summed E-state index contributed by atoms with van der Waals surface area (Å²) >= 11 is 5.08. The average Bonchev–Trinajstić information content (AvgIpc) is 1.36. The van der Waals surface area contributed by atoms with Crippen molar-refractivity contribution in [3.8, 4) is 0 Å². The van der Waals surface area contributed by atoms with E-state index < -0.39 is 11.3 Å². The lowest BCUT2D eigenvalue weighted by Gasteiger charge is -1.86. The van der Waals surface area contributed by atoms with Gasteiger partial charge in [-0.05, 0) is 6.92 Å². The van der Waals surface area contributed by atoms with Crippen molar-refractivity contribution in [2.75, 3.05) is 0 Å². The van der Waals surface area contributed by atoms with Gasteiger partial charge in [-0.3, -0.25) is 10.5 Å². The number of halogens is 1. The van der Waals surface area contributed by atoms with Crippen LogP contribution in [0, 0.1) is 0 Å². The summed E-state index contributed by atoms with van der Waals surface area (Å²) in [6.07, 6.45) is 0. The highest BCUT2D eigenvalue weighted by molar-refractivity contribution is 6.30. The molecule has 0 spiro atoms. The van der Waals surface area contributed by atoms with Crippen LogP contribution in [0.3, 0.4) is 0 Å². The van der Waals surface area contributed by atoms with Crippen molar-refractivity contribution < 1.29 is 4.79 Å². The van der Waals surface area contributed by atoms with Crippen LogP contribution in [0.15, 0.2) is 0 Å². The molecule has 0 heterocycles. The van der Waals surface area contributed by atoms with Gasteiger partial charge in [-0.15, -0.1) is 11.6 Å². The first kappa shape index (κ1) is 5.76. The lowest BCUT2D eigenvalue weighted by atomic mass is 10.5. The number of hydrogen-bond donors (Lipinski definition) is 0. The third-order valence-electron chi connectivity index (χ3n) is 0.361. The van der Waals surface area contributed by atoms with E-state index in [1.54, 1.807) is 0 Å². The molecule has 0 aromatic heterocycles. The molecule has 0 aromatic rings. The van der Waals surface area contributed by atoms with Gasteiger partial charge in [0.05, 0.1) is 0 Å². The number of nitrogens with one attached hydrogen (secondary N) is 1. The molecule has 0 fully saturated rings. The van der Waals surface area contributed by atoms with E-state index in [0.29, 0.717) is 0 Å². The zero-order valence-electron chi connectivity index (χ0n) is 3.36. The Kier molecular flexibility index (Phi) is 1.95. The predicted octanol–water partition coefficient (Wildman–Crippen LogP) is 0.423. The molecule has 1 amide bonds. The minimum Gasteiger partial charge on any atom is -0.272 e. The van der Waals surface area contributed by atoms with Gasteiger partial charge < -0.3 is 0 Å². The van der Waals surface area contributed by atoms with Gasteiger partial charge in [0.15, 0.2) is 0 Å². The summed E-state index contributed by atoms with van der Waals surface area (Å²) < 4.78 is 0. The molecular weight excluding hydrogens is 101 g/mol. The van der Waals surface area contributed by atoms with Crippen LogP contribution in [0.25, 0.3) is 0 Å². The highest BCUT2D eigenvalue weighted by Crippen LogP contribution is 1.88. The molecule has 1 radical (unpaired) electrons. The molecular formula is C3H5ClNO. The van der Waals surface area contributed by atoms with E-state index in [4.69, 9.17) is 17.3 Å². The first-order valence-corrected chi connectivity index (χ1v) is 1.97. The summed E-state index contributed by atoms with van der Waals surface area (Å²) in [5, 5.41) is -0.648. The largest absolute Gasteiger partial charge is 0.272 e. The lowest BCUT2D eigenvalue weighted by molar-refractivity contribution is -0.118. The molecule has 2 nitrogen and oxygen atoms in total. The number of hydrogen-bond acceptors (Lipinski definition) is 1. The summed E-state index contributed by atoms with van der Waals surface area (Å²) in [6.45, 7) is 1.47. The first-order chi connectivity index (χ1) is 2.64. The SMILES string of the molecule is CC(Cl)C([NH])=O. The molecule has 0 aliphatic carbocycles. The molecule has 35 valence electrons. The number of amides is 1. The summed E-state index contributed by atoms with van der Waals surface area (Å²) in [4.78, 5) is 9.68. The normalized spacial score (nSPS) is 13.7. The van der Waals surface area contributed by atoms with Crippen molar-refractivity contribution in [1.29, 1.82) is 0 Å². The van der Waals surface area contributed by atoms with Crippen LogP contribution >= 0.6 is 11.6 Å². The van der Waals surface area contributed by atoms with E-state index in [0.717, 1.165) is 0 Å². The van der Waals surface area contributed by atoms with Gasteiger partial charge in [-0.1, -0.05) is 0 Å². The van der Waals surface area contributed by atoms with E-state index >= 15 is 0 Å². The van der Waals surface area contributed by atoms with Crippen LogP contribution in [0.4, 0.5) is 0 Å². The fourth-order valence-electron chi connectivity index (χ4n) is 0. The highest BCUT2D eigenvalue weighted by Gasteiger charge is 2.00. The van der Waals surface area contributed by atoms with Crippen LogP contribution in [-0.2, 0) is 4.79 Å². The second-order valence-electron chi connectivity index (χ2n) is 0.980. The third-order valence-corrected chi connectivity index (χ3v) is 0.559. The van der Waals surface area contributed by atoms with E-state index in [2.05, 4.69) is 0 Å². The standard InChI is InChI=1S/C3H5ClNO/c1-2(4)3(5)6/h2,5H,1H3. The summed E-state index contributed by atoms with van der Waals surface area (Å²) in [7, 11) is 0. The number of rotatable bonds is 1. The Morgan fingerprint density at radius 3 is 2.17 bits per heavy atom. The number of alkyl halides is 1. The zero-order valence-corrected chi connectivity index (χ0v) is 4.12. The molecule has 0 aliphatic heterocycles. The van der Waals surface area contributed by atoms with Crippen molar-refractivity contribution in [3.05, 3.63) is 0 Å². The van der Waals surface area contributed by atoms with Gasteiger partial charge in [0.1, 0.15) is 5.38 Å². The van der Waals surface area contributed by atoms with Crippen molar-refractivity contribution in [2.24, 2.45) is 0 Å². The minimum absolute atomic E-state index is 0.648. The maximum absolute atomic E-state index is 9.68. The summed E-state index contributed by atoms with van der Waals surface area (Å²) in [5.41, 5.74) is 6.26. The van der Waals surface area contributed by atoms with Crippen LogP contribution in [0.1, 0.15) is 6.92 Å². The van der Waals surface area contributed by atoms with E-state index in [9.17, 15) is 4.79 Å². The average molecular weight is 107 g/mol. The zero-order chi connectivity index (χ0) is 5.15. The molecule has 0 bridgehead atoms. The van der Waals surface area contributed by atoms with Gasteiger partial charge in [-0.25, -0.2) is 0 Å². The fourth-order valence-corrected chi connectivity index (χ4v) is 0. The lowest BCUT2D eigenvalue weighted by Crippen LogP contribution is -2.09. The topological polar surface area (TPSA) is 40.9 Å². The molecule has 3 heteroatoms. The van der Waals surface area contributed by atoms with Crippen molar-refractivity contribution >= 4 is 17.5 Å². The molecule has 1 unspecified atom stereocenters. The maximum Gasteiger partial charge on any atom is 0.256 e. The van der Waals surface area contributed by atoms with Crippen molar-refractivity contribution in [3.63, 3.8) is 0 Å². The number of carbonyl (C=O) groups is 1. The van der Waals surface area contributed by atoms with Gasteiger partial charge >= 0.3 is 0 Å². The minimum atomic E-state index is -0.725. The van der Waals surface area contributed by atoms with Crippen LogP contribution in [0.5, 0.6) is 0 Å². The van der Waals surface area contributed by atoms with Gasteiger partial charge in [0.2, 0.25) is 0 Å². The predicted molar refractivity (Wildman–Crippen MR) is 23.4 cm³/mol. The Bertz CT molecular complexity index is 61.8. The highest BCUT2D eigenvalue weighted by atomic mass is 35.5. The maximum atomic E-state index is 9.68. The number of carbonyl (C=O) groups excluding carboxylic acids is 1. The molecule has 1 N–H and O–H groups in total. The smallest absolute Gasteiger partial charge is 0.256 e. The van der Waals surface area contributed by atoms with Gasteiger partial charge in [0.25, 0.3) is 5.91 Å². The molecule has 6 heavy (non-hydrogen) atoms. The monoisotopic (exact) mass is 106 g/mol. The molecule has 0 saturated carbocycles. The van der Waals surface area contributed by atoms with Crippen LogP contribution in [0.2, 0.25) is 0 Å². The molecule has 1 atom stereocenters. The molecule has 0 aromatic carbocycles. The van der Waals surface area contributed by atoms with E-state index in [-0.39, 0.29) is 0 Å². The van der Waals surface area contributed by atoms with Crippen molar-refractivity contribution in [2.45, 2.75) is 12.3 Å². The van der Waals surface area contributed by atoms with Gasteiger partial charge in [-0.2, -0.15) is 0 Å². The Balaban J connectivity index is 3.26. The van der Waals surface area contributed by atoms with Crippen LogP contribution in [-0.4, -0.2) is 11.3 Å². The third kappa shape index (κ3) is 2.03. The Hall–Kier alpha value is -0.240. The fraction of sp³-hybridized carbons (Fsp3) is 0.667. The summed E-state index contributed by atoms with van der Waals surface area (Å²) in [6, 6.07) is 0. The Morgan fingerprint density at radius 2 is 2.17 bits per heavy atom. The van der Waals surface area contributed by atoms with Crippen molar-refractivity contribution in [1.82, 2.24) is 5.73 Å². The quantitative estimate of drug-likeness (QED) is 0.447. The molecule has 0 rings (SSSR count). The second kappa shape index (κ2) is 2.03. The van der Waals surface area contributed by atoms with E-state index in [1.165, 1.54) is 6.92 Å².